The summed E-state index contributed by atoms with van der Waals surface area (Å²) in [5.74, 6) is 1.44. The molecular formula is C31H27N5O4. The number of carbonyl (C=O) groups excluding carboxylic acids is 1. The summed E-state index contributed by atoms with van der Waals surface area (Å²) >= 11 is 0. The topological polar surface area (TPSA) is 113 Å². The Labute approximate surface area is 229 Å². The number of aromatic amines is 1. The van der Waals surface area contributed by atoms with Gasteiger partial charge >= 0.3 is 0 Å². The molecule has 1 amide bonds. The molecule has 7 rings (SSSR count). The van der Waals surface area contributed by atoms with Gasteiger partial charge < -0.3 is 24.3 Å². The molecule has 0 radical (unpaired) electrons. The molecule has 200 valence electrons. The first-order valence-electron chi connectivity index (χ1n) is 13.3. The van der Waals surface area contributed by atoms with Crippen LogP contribution in [-0.2, 0) is 6.54 Å². The van der Waals surface area contributed by atoms with Crippen molar-refractivity contribution in [1.82, 2.24) is 24.4 Å². The van der Waals surface area contributed by atoms with Gasteiger partial charge in [0.05, 0.1) is 23.7 Å². The maximum atomic E-state index is 13.6. The zero-order valence-electron chi connectivity index (χ0n) is 21.9. The van der Waals surface area contributed by atoms with E-state index in [-0.39, 0.29) is 29.1 Å². The molecule has 2 aliphatic rings. The van der Waals surface area contributed by atoms with Crippen molar-refractivity contribution in [3.05, 3.63) is 94.5 Å². The average molecular weight is 534 g/mol. The molecule has 9 heteroatoms. The van der Waals surface area contributed by atoms with Gasteiger partial charge in [0, 0.05) is 54.6 Å². The summed E-state index contributed by atoms with van der Waals surface area (Å²) in [6, 6.07) is 19.9. The Balaban J connectivity index is 1.18. The molecule has 2 atom stereocenters. The fourth-order valence-corrected chi connectivity index (χ4v) is 6.18. The van der Waals surface area contributed by atoms with E-state index in [9.17, 15) is 14.7 Å². The number of piperidine rings is 1. The number of likely N-dealkylation sites (tertiary alicyclic amines) is 1. The largest absolute Gasteiger partial charge is 0.507 e. The number of benzene rings is 2. The van der Waals surface area contributed by atoms with E-state index in [0.29, 0.717) is 48.0 Å². The second kappa shape index (κ2) is 9.37. The Bertz CT molecular complexity index is 1840. The van der Waals surface area contributed by atoms with Gasteiger partial charge in [0.2, 0.25) is 5.88 Å². The van der Waals surface area contributed by atoms with E-state index in [0.717, 1.165) is 28.8 Å². The first-order valence-corrected chi connectivity index (χ1v) is 13.3. The number of H-pyrrole nitrogens is 1. The van der Waals surface area contributed by atoms with E-state index < -0.39 is 0 Å². The van der Waals surface area contributed by atoms with Crippen molar-refractivity contribution in [2.45, 2.75) is 18.9 Å². The molecule has 2 bridgehead atoms. The predicted molar refractivity (Wildman–Crippen MR) is 150 cm³/mol. The third-order valence-corrected chi connectivity index (χ3v) is 8.02. The highest BCUT2D eigenvalue weighted by Gasteiger charge is 2.36. The maximum Gasteiger partial charge on any atom is 0.253 e. The number of fused-ring (bicyclic) bond motifs is 5. The van der Waals surface area contributed by atoms with Crippen molar-refractivity contribution in [3.63, 3.8) is 0 Å². The van der Waals surface area contributed by atoms with Crippen LogP contribution in [0.4, 0.5) is 0 Å². The van der Waals surface area contributed by atoms with Crippen LogP contribution >= 0.6 is 0 Å². The number of phenolic OH excluding ortho intramolecular Hbond substituents is 1. The summed E-state index contributed by atoms with van der Waals surface area (Å²) in [6.07, 6.45) is 2.65. The van der Waals surface area contributed by atoms with Gasteiger partial charge in [-0.2, -0.15) is 0 Å². The Morgan fingerprint density at radius 2 is 1.93 bits per heavy atom. The molecule has 3 aromatic heterocycles. The molecule has 0 saturated carbocycles. The van der Waals surface area contributed by atoms with E-state index in [1.165, 1.54) is 0 Å². The number of imidazole rings is 1. The number of hydrogen-bond donors (Lipinski definition) is 2. The number of nitrogens with zero attached hydrogens (tertiary/aromatic N) is 4. The first-order chi connectivity index (χ1) is 19.5. The number of methoxy groups -OCH3 is 1. The third-order valence-electron chi connectivity index (χ3n) is 8.02. The summed E-state index contributed by atoms with van der Waals surface area (Å²) in [5, 5.41) is 10.7. The number of amides is 1. The van der Waals surface area contributed by atoms with Gasteiger partial charge in [-0.3, -0.25) is 9.59 Å². The average Bonchev–Trinajstić information content (AvgIpc) is 3.41. The summed E-state index contributed by atoms with van der Waals surface area (Å²) in [7, 11) is 1.57. The molecule has 0 aliphatic carbocycles. The highest BCUT2D eigenvalue weighted by atomic mass is 16.5. The van der Waals surface area contributed by atoms with E-state index >= 15 is 0 Å². The van der Waals surface area contributed by atoms with Gasteiger partial charge in [-0.25, -0.2) is 9.97 Å². The van der Waals surface area contributed by atoms with Crippen molar-refractivity contribution in [2.24, 2.45) is 5.92 Å². The summed E-state index contributed by atoms with van der Waals surface area (Å²) < 4.78 is 7.28. The SMILES string of the molecule is COc1ncccc1-c1ccc(O)c(-c2nc3cc(C(=O)N4C[C@@H]5C[C@H](C4)c4cccc(=O)n4C5)ccc3[nH]2)c1. The van der Waals surface area contributed by atoms with Gasteiger partial charge in [0.25, 0.3) is 11.5 Å². The van der Waals surface area contributed by atoms with Crippen molar-refractivity contribution in [1.29, 1.82) is 0 Å². The minimum absolute atomic E-state index is 0.0305. The van der Waals surface area contributed by atoms with E-state index in [2.05, 4.69) is 9.97 Å². The molecule has 40 heavy (non-hydrogen) atoms. The highest BCUT2D eigenvalue weighted by Crippen LogP contribution is 2.37. The predicted octanol–water partition coefficient (Wildman–Crippen LogP) is 4.43. The van der Waals surface area contributed by atoms with Crippen LogP contribution < -0.4 is 10.3 Å². The van der Waals surface area contributed by atoms with Gasteiger partial charge in [0.1, 0.15) is 11.6 Å². The van der Waals surface area contributed by atoms with E-state index in [1.54, 1.807) is 43.6 Å². The zero-order chi connectivity index (χ0) is 27.4. The maximum absolute atomic E-state index is 13.6. The first kappa shape index (κ1) is 24.1. The number of hydrogen-bond acceptors (Lipinski definition) is 6. The van der Waals surface area contributed by atoms with Crippen LogP contribution in [0.3, 0.4) is 0 Å². The van der Waals surface area contributed by atoms with Crippen molar-refractivity contribution >= 4 is 16.9 Å². The standard InChI is InChI=1S/C31H27N5O4/c1-40-30-22(4-3-11-32-30)19-8-10-27(37)23(13-19)29-33-24-9-7-20(14-25(24)34-29)31(39)35-15-18-12-21(17-35)26-5-2-6-28(38)36(26)16-18/h2-11,13-14,18,21,37H,12,15-17H2,1H3,(H,33,34)/t18-,21+/m0/s1. The fourth-order valence-electron chi connectivity index (χ4n) is 6.18. The third kappa shape index (κ3) is 4.02. The number of ether oxygens (including phenoxy) is 1. The van der Waals surface area contributed by atoms with Gasteiger partial charge in [-0.05, 0) is 66.4 Å². The number of pyridine rings is 2. The molecule has 1 fully saturated rings. The van der Waals surface area contributed by atoms with Crippen LogP contribution in [0.25, 0.3) is 33.5 Å². The lowest BCUT2D eigenvalue weighted by Gasteiger charge is -2.42. The van der Waals surface area contributed by atoms with Gasteiger partial charge in [0.15, 0.2) is 0 Å². The normalized spacial score (nSPS) is 18.0. The fraction of sp³-hybridized carbons (Fsp3) is 0.226. The van der Waals surface area contributed by atoms with Crippen LogP contribution in [-0.4, -0.2) is 55.6 Å². The molecule has 2 aromatic carbocycles. The monoisotopic (exact) mass is 533 g/mol. The summed E-state index contributed by atoms with van der Waals surface area (Å²) in [5.41, 5.74) is 5.17. The number of rotatable bonds is 4. The molecule has 5 heterocycles. The molecular weight excluding hydrogens is 506 g/mol. The number of aromatic hydroxyl groups is 1. The Morgan fingerprint density at radius 3 is 2.80 bits per heavy atom. The van der Waals surface area contributed by atoms with Crippen molar-refractivity contribution < 1.29 is 14.6 Å². The van der Waals surface area contributed by atoms with Gasteiger partial charge in [-0.15, -0.1) is 0 Å². The Hall–Kier alpha value is -4.92. The van der Waals surface area contributed by atoms with Crippen LogP contribution in [0.1, 0.15) is 28.4 Å². The summed E-state index contributed by atoms with van der Waals surface area (Å²) in [4.78, 5) is 40.2. The summed E-state index contributed by atoms with van der Waals surface area (Å²) in [6.45, 7) is 1.85. The molecule has 0 unspecified atom stereocenters. The number of nitrogens with one attached hydrogen (secondary N) is 1. The zero-order valence-corrected chi connectivity index (χ0v) is 21.9. The van der Waals surface area contributed by atoms with Crippen LogP contribution in [0.2, 0.25) is 0 Å². The molecule has 1 saturated heterocycles. The van der Waals surface area contributed by atoms with Gasteiger partial charge in [-0.1, -0.05) is 12.1 Å². The van der Waals surface area contributed by atoms with E-state index in [4.69, 9.17) is 9.72 Å². The lowest BCUT2D eigenvalue weighted by atomic mass is 9.83. The lowest BCUT2D eigenvalue weighted by Crippen LogP contribution is -2.49. The van der Waals surface area contributed by atoms with Crippen molar-refractivity contribution in [3.8, 4) is 34.1 Å². The quantitative estimate of drug-likeness (QED) is 0.354. The molecule has 5 aromatic rings. The Kier molecular flexibility index (Phi) is 5.66. The molecule has 2 aliphatic heterocycles. The molecule has 0 spiro atoms. The minimum Gasteiger partial charge on any atom is -0.507 e. The lowest BCUT2D eigenvalue weighted by molar-refractivity contribution is 0.0594. The second-order valence-electron chi connectivity index (χ2n) is 10.5. The number of carbonyl (C=O) groups is 1. The van der Waals surface area contributed by atoms with Crippen LogP contribution in [0.5, 0.6) is 11.6 Å². The van der Waals surface area contributed by atoms with E-state index in [1.807, 2.05) is 45.9 Å². The van der Waals surface area contributed by atoms with Crippen molar-refractivity contribution in [2.75, 3.05) is 20.2 Å². The smallest absolute Gasteiger partial charge is 0.253 e. The number of aromatic nitrogens is 4. The molecule has 2 N–H and O–H groups in total. The molecule has 9 nitrogen and oxygen atoms in total. The number of phenols is 1. The second-order valence-corrected chi connectivity index (χ2v) is 10.5. The highest BCUT2D eigenvalue weighted by molar-refractivity contribution is 5.98. The van der Waals surface area contributed by atoms with Crippen LogP contribution in [0.15, 0.2) is 77.7 Å². The van der Waals surface area contributed by atoms with Crippen LogP contribution in [0, 0.1) is 5.92 Å². The Morgan fingerprint density at radius 1 is 1.02 bits per heavy atom. The minimum atomic E-state index is -0.0404.